The molecule has 0 aromatic rings. The third kappa shape index (κ3) is 3.17. The highest BCUT2D eigenvalue weighted by molar-refractivity contribution is 5.81. The molecule has 0 aliphatic carbocycles. The molecule has 3 heterocycles. The summed E-state index contributed by atoms with van der Waals surface area (Å²) in [5, 5.41) is 13.1. The van der Waals surface area contributed by atoms with E-state index in [9.17, 15) is 19.5 Å². The van der Waals surface area contributed by atoms with Gasteiger partial charge in [0.1, 0.15) is 36.0 Å². The minimum absolute atomic E-state index is 0.0202. The number of amides is 2. The number of aliphatic hydroxyl groups excluding tert-OH is 1. The molecule has 2 amide bonds. The summed E-state index contributed by atoms with van der Waals surface area (Å²) in [6, 6.07) is -1.62. The van der Waals surface area contributed by atoms with E-state index in [0.29, 0.717) is 0 Å². The number of carbonyl (C=O) groups excluding carboxylic acids is 3. The van der Waals surface area contributed by atoms with Crippen LogP contribution < -0.4 is 5.32 Å². The van der Waals surface area contributed by atoms with Gasteiger partial charge in [-0.25, -0.2) is 14.4 Å². The number of esters is 1. The van der Waals surface area contributed by atoms with Gasteiger partial charge in [0, 0.05) is 13.5 Å². The summed E-state index contributed by atoms with van der Waals surface area (Å²) in [7, 11) is 3.91. The molecule has 0 aromatic heterocycles. The highest BCUT2D eigenvalue weighted by Gasteiger charge is 2.62. The number of nitrogens with one attached hydrogen (secondary N) is 1. The van der Waals surface area contributed by atoms with Crippen LogP contribution >= 0.6 is 0 Å². The van der Waals surface area contributed by atoms with Gasteiger partial charge in [0.25, 0.3) is 0 Å². The molecule has 0 radical (unpaired) electrons. The number of fused-ring (bicyclic) bond motifs is 1. The maximum Gasteiger partial charge on any atom is 0.410 e. The molecular weight excluding hydrogens is 352 g/mol. The summed E-state index contributed by atoms with van der Waals surface area (Å²) in [6.07, 6.45) is -3.76. The fourth-order valence-corrected chi connectivity index (χ4v) is 3.55. The molecule has 11 heteroatoms. The van der Waals surface area contributed by atoms with Crippen molar-refractivity contribution in [2.24, 2.45) is 0 Å². The first-order chi connectivity index (χ1) is 12.3. The Morgan fingerprint density at radius 2 is 2.12 bits per heavy atom. The van der Waals surface area contributed by atoms with Crippen molar-refractivity contribution in [2.45, 2.75) is 42.4 Å². The minimum Gasteiger partial charge on any atom is -0.467 e. The van der Waals surface area contributed by atoms with Crippen molar-refractivity contribution in [3.63, 3.8) is 0 Å². The number of nitrogens with zero attached hydrogens (tertiary/aromatic N) is 1. The van der Waals surface area contributed by atoms with E-state index in [-0.39, 0.29) is 19.6 Å². The first kappa shape index (κ1) is 18.7. The quantitative estimate of drug-likeness (QED) is 0.339. The molecule has 0 unspecified atom stereocenters. The van der Waals surface area contributed by atoms with Gasteiger partial charge in [-0.15, -0.1) is 0 Å². The molecule has 11 nitrogen and oxygen atoms in total. The Bertz CT molecular complexity index is 594. The van der Waals surface area contributed by atoms with E-state index in [1.165, 1.54) is 26.2 Å². The van der Waals surface area contributed by atoms with Crippen LogP contribution in [0.4, 0.5) is 9.59 Å². The maximum absolute atomic E-state index is 12.0. The van der Waals surface area contributed by atoms with E-state index in [4.69, 9.17) is 18.9 Å². The van der Waals surface area contributed by atoms with Crippen molar-refractivity contribution in [3.8, 4) is 0 Å². The Morgan fingerprint density at radius 3 is 2.69 bits per heavy atom. The second-order valence-electron chi connectivity index (χ2n) is 6.54. The lowest BCUT2D eigenvalue weighted by Gasteiger charge is -2.40. The summed E-state index contributed by atoms with van der Waals surface area (Å²) in [5.41, 5.74) is -0.989. The van der Waals surface area contributed by atoms with Crippen LogP contribution in [0.15, 0.2) is 0 Å². The average Bonchev–Trinajstić information content (AvgIpc) is 3.33. The Hall–Kier alpha value is -2.11. The van der Waals surface area contributed by atoms with E-state index in [0.717, 1.165) is 0 Å². The fraction of sp³-hybridized carbons (Fsp3) is 0.800. The van der Waals surface area contributed by atoms with Gasteiger partial charge >= 0.3 is 18.2 Å². The zero-order valence-corrected chi connectivity index (χ0v) is 14.7. The van der Waals surface area contributed by atoms with Gasteiger partial charge < -0.3 is 39.0 Å². The highest BCUT2D eigenvalue weighted by Crippen LogP contribution is 2.43. The summed E-state index contributed by atoms with van der Waals surface area (Å²) in [4.78, 5) is 36.5. The van der Waals surface area contributed by atoms with E-state index < -0.39 is 54.2 Å². The molecule has 3 aliphatic heterocycles. The van der Waals surface area contributed by atoms with E-state index >= 15 is 0 Å². The molecule has 3 rings (SSSR count). The number of carbonyl (C=O) groups is 3. The third-order valence-electron chi connectivity index (χ3n) is 5.01. The molecule has 0 aromatic carbocycles. The Kier molecular flexibility index (Phi) is 4.95. The number of ether oxygens (including phenoxy) is 5. The van der Waals surface area contributed by atoms with Crippen LogP contribution in [0.3, 0.4) is 0 Å². The molecular formula is C15H22N2O9. The molecule has 2 N–H and O–H groups in total. The van der Waals surface area contributed by atoms with Gasteiger partial charge in [0.05, 0.1) is 27.4 Å². The van der Waals surface area contributed by atoms with Crippen molar-refractivity contribution in [1.29, 1.82) is 0 Å². The van der Waals surface area contributed by atoms with E-state index in [1.807, 2.05) is 0 Å². The van der Waals surface area contributed by atoms with Crippen molar-refractivity contribution in [3.05, 3.63) is 0 Å². The average molecular weight is 374 g/mol. The molecule has 0 spiro atoms. The molecule has 3 aliphatic rings. The Balaban J connectivity index is 1.74. The van der Waals surface area contributed by atoms with Crippen molar-refractivity contribution >= 4 is 18.2 Å². The molecule has 3 fully saturated rings. The Labute approximate surface area is 149 Å². The van der Waals surface area contributed by atoms with Gasteiger partial charge in [0.2, 0.25) is 0 Å². The van der Waals surface area contributed by atoms with Crippen LogP contribution in [-0.2, 0) is 28.5 Å². The summed E-state index contributed by atoms with van der Waals surface area (Å²) < 4.78 is 25.6. The van der Waals surface area contributed by atoms with E-state index in [1.54, 1.807) is 0 Å². The van der Waals surface area contributed by atoms with Crippen LogP contribution in [0.1, 0.15) is 6.42 Å². The molecule has 26 heavy (non-hydrogen) atoms. The second kappa shape index (κ2) is 6.89. The number of hydrogen-bond acceptors (Lipinski definition) is 9. The lowest BCUT2D eigenvalue weighted by atomic mass is 9.85. The molecule has 146 valence electrons. The van der Waals surface area contributed by atoms with E-state index in [2.05, 4.69) is 10.1 Å². The summed E-state index contributed by atoms with van der Waals surface area (Å²) in [5.74, 6) is -0.676. The zero-order chi connectivity index (χ0) is 19.1. The van der Waals surface area contributed by atoms with Crippen molar-refractivity contribution in [2.75, 3.05) is 34.5 Å². The predicted molar refractivity (Wildman–Crippen MR) is 82.2 cm³/mol. The highest BCUT2D eigenvalue weighted by atomic mass is 16.6. The van der Waals surface area contributed by atoms with Crippen LogP contribution in [0.25, 0.3) is 0 Å². The van der Waals surface area contributed by atoms with Crippen LogP contribution in [0.5, 0.6) is 0 Å². The second-order valence-corrected chi connectivity index (χ2v) is 6.54. The molecule has 6 atom stereocenters. The standard InChI is InChI=1S/C15H22N2O9/c1-17-9-8(26-14(17)21)5-24-11(10(9)18)15(6-25-15)4-7(12(19)22-2)16-13(20)23-3/h7-11,18H,4-6H2,1-3H3,(H,16,20)/t7-,8+,9+,10+,11-,15-/m0/s1. The molecule has 3 saturated heterocycles. The maximum atomic E-state index is 12.0. The van der Waals surface area contributed by atoms with Crippen LogP contribution in [-0.4, -0.2) is 98.6 Å². The minimum atomic E-state index is -1.08. The lowest BCUT2D eigenvalue weighted by Crippen LogP contribution is -2.61. The molecule has 0 saturated carbocycles. The van der Waals surface area contributed by atoms with Gasteiger partial charge in [-0.05, 0) is 0 Å². The monoisotopic (exact) mass is 374 g/mol. The molecule has 0 bridgehead atoms. The van der Waals surface area contributed by atoms with Crippen LogP contribution in [0.2, 0.25) is 0 Å². The van der Waals surface area contributed by atoms with Gasteiger partial charge in [-0.1, -0.05) is 0 Å². The number of likely N-dealkylation sites (N-methyl/N-ethyl adjacent to an activating group) is 1. The number of aliphatic hydroxyl groups is 1. The number of hydrogen-bond donors (Lipinski definition) is 2. The number of methoxy groups -OCH3 is 2. The summed E-state index contributed by atoms with van der Waals surface area (Å²) >= 11 is 0. The first-order valence-electron chi connectivity index (χ1n) is 8.12. The largest absolute Gasteiger partial charge is 0.467 e. The topological polar surface area (TPSA) is 136 Å². The van der Waals surface area contributed by atoms with Gasteiger partial charge in [-0.2, -0.15) is 0 Å². The normalized spacial score (nSPS) is 36.6. The number of alkyl carbamates (subject to hydrolysis) is 1. The van der Waals surface area contributed by atoms with Gasteiger partial charge in [0.15, 0.2) is 0 Å². The van der Waals surface area contributed by atoms with Crippen molar-refractivity contribution in [1.82, 2.24) is 10.2 Å². The van der Waals surface area contributed by atoms with Crippen molar-refractivity contribution < 1.29 is 43.2 Å². The number of rotatable bonds is 5. The Morgan fingerprint density at radius 1 is 1.42 bits per heavy atom. The van der Waals surface area contributed by atoms with Gasteiger partial charge in [-0.3, -0.25) is 0 Å². The zero-order valence-electron chi connectivity index (χ0n) is 14.7. The van der Waals surface area contributed by atoms with Crippen LogP contribution in [0, 0.1) is 0 Å². The number of epoxide rings is 1. The smallest absolute Gasteiger partial charge is 0.410 e. The SMILES string of the molecule is COC(=O)N[C@@H](C[C@@]1([C@H]2OC[C@H]3OC(=O)N(C)[C@H]3[C@H]2O)CO1)C(=O)OC. The summed E-state index contributed by atoms with van der Waals surface area (Å²) in [6.45, 7) is 0.321. The predicted octanol–water partition coefficient (Wildman–Crippen LogP) is -1.38. The fourth-order valence-electron chi connectivity index (χ4n) is 3.55. The first-order valence-corrected chi connectivity index (χ1v) is 8.12. The lowest BCUT2D eigenvalue weighted by molar-refractivity contribution is -0.161. The third-order valence-corrected chi connectivity index (χ3v) is 5.01.